The van der Waals surface area contributed by atoms with Gasteiger partial charge in [0.1, 0.15) is 5.75 Å². The molecule has 0 bridgehead atoms. The average Bonchev–Trinajstić information content (AvgIpc) is 2.45. The maximum Gasteiger partial charge on any atom is 0.121 e. The highest BCUT2D eigenvalue weighted by Gasteiger charge is 2.10. The molecule has 1 N–H and O–H groups in total. The van der Waals surface area contributed by atoms with Crippen LogP contribution in [0.2, 0.25) is 0 Å². The Morgan fingerprint density at radius 2 is 2.05 bits per heavy atom. The number of hydrogen-bond donors (Lipinski definition) is 1. The van der Waals surface area contributed by atoms with Gasteiger partial charge in [0.15, 0.2) is 0 Å². The summed E-state index contributed by atoms with van der Waals surface area (Å²) in [6.07, 6.45) is 1.06. The fourth-order valence-electron chi connectivity index (χ4n) is 2.26. The van der Waals surface area contributed by atoms with E-state index in [2.05, 4.69) is 47.4 Å². The molecule has 2 rings (SSSR count). The molecule has 0 saturated carbocycles. The molecule has 0 spiro atoms. The molecule has 1 fully saturated rings. The van der Waals surface area contributed by atoms with Crippen molar-refractivity contribution in [1.29, 1.82) is 0 Å². The van der Waals surface area contributed by atoms with Gasteiger partial charge in [0, 0.05) is 44.5 Å². The van der Waals surface area contributed by atoms with Crippen molar-refractivity contribution in [2.45, 2.75) is 6.42 Å². The van der Waals surface area contributed by atoms with Crippen LogP contribution in [0.1, 0.15) is 6.42 Å². The van der Waals surface area contributed by atoms with Crippen LogP contribution in [-0.2, 0) is 0 Å². The fourth-order valence-corrected chi connectivity index (χ4v) is 2.26. The topological polar surface area (TPSA) is 27.7 Å². The largest absolute Gasteiger partial charge is 0.493 e. The third-order valence-corrected chi connectivity index (χ3v) is 3.32. The number of hydrogen-bond acceptors (Lipinski definition) is 4. The molecule has 0 aromatic heterocycles. The SMILES string of the molecule is CN(C)CCCOc1cccc(N2CCNCC2)c1. The lowest BCUT2D eigenvalue weighted by Crippen LogP contribution is -2.43. The molecule has 0 aliphatic carbocycles. The second-order valence-corrected chi connectivity index (χ2v) is 5.24. The first-order chi connectivity index (χ1) is 9.25. The van der Waals surface area contributed by atoms with Crippen molar-refractivity contribution >= 4 is 5.69 Å². The summed E-state index contributed by atoms with van der Waals surface area (Å²) in [4.78, 5) is 4.59. The van der Waals surface area contributed by atoms with Gasteiger partial charge in [-0.05, 0) is 32.6 Å². The zero-order chi connectivity index (χ0) is 13.5. The third kappa shape index (κ3) is 4.73. The highest BCUT2D eigenvalue weighted by atomic mass is 16.5. The maximum atomic E-state index is 5.82. The predicted octanol–water partition coefficient (Wildman–Crippen LogP) is 1.43. The van der Waals surface area contributed by atoms with Crippen LogP contribution in [0.5, 0.6) is 5.75 Å². The Morgan fingerprint density at radius 1 is 1.26 bits per heavy atom. The molecule has 0 radical (unpaired) electrons. The quantitative estimate of drug-likeness (QED) is 0.786. The van der Waals surface area contributed by atoms with Gasteiger partial charge >= 0.3 is 0 Å². The molecule has 0 unspecified atom stereocenters. The summed E-state index contributed by atoms with van der Waals surface area (Å²) in [5.41, 5.74) is 1.27. The Bertz CT molecular complexity index is 375. The van der Waals surface area contributed by atoms with Gasteiger partial charge in [-0.2, -0.15) is 0 Å². The Hall–Kier alpha value is -1.26. The van der Waals surface area contributed by atoms with Gasteiger partial charge in [0.2, 0.25) is 0 Å². The van der Waals surface area contributed by atoms with E-state index in [9.17, 15) is 0 Å². The van der Waals surface area contributed by atoms with Crippen molar-refractivity contribution in [3.05, 3.63) is 24.3 Å². The number of nitrogens with zero attached hydrogens (tertiary/aromatic N) is 2. The van der Waals surface area contributed by atoms with E-state index in [0.29, 0.717) is 0 Å². The summed E-state index contributed by atoms with van der Waals surface area (Å²) < 4.78 is 5.82. The lowest BCUT2D eigenvalue weighted by Gasteiger charge is -2.29. The predicted molar refractivity (Wildman–Crippen MR) is 80.2 cm³/mol. The number of rotatable bonds is 6. The van der Waals surface area contributed by atoms with Crippen molar-refractivity contribution in [3.8, 4) is 5.75 Å². The van der Waals surface area contributed by atoms with E-state index >= 15 is 0 Å². The van der Waals surface area contributed by atoms with Crippen LogP contribution in [0.3, 0.4) is 0 Å². The summed E-state index contributed by atoms with van der Waals surface area (Å²) in [5, 5.41) is 3.37. The number of ether oxygens (including phenoxy) is 1. The number of nitrogens with one attached hydrogen (secondary N) is 1. The molecule has 4 heteroatoms. The van der Waals surface area contributed by atoms with Gasteiger partial charge in [-0.25, -0.2) is 0 Å². The van der Waals surface area contributed by atoms with Crippen molar-refractivity contribution < 1.29 is 4.74 Å². The van der Waals surface area contributed by atoms with Crippen LogP contribution in [0.4, 0.5) is 5.69 Å². The van der Waals surface area contributed by atoms with Gasteiger partial charge in [0.05, 0.1) is 6.61 Å². The van der Waals surface area contributed by atoms with E-state index < -0.39 is 0 Å². The first-order valence-corrected chi connectivity index (χ1v) is 7.09. The average molecular weight is 263 g/mol. The van der Waals surface area contributed by atoms with Crippen LogP contribution in [0.25, 0.3) is 0 Å². The van der Waals surface area contributed by atoms with Gasteiger partial charge in [-0.3, -0.25) is 0 Å². The van der Waals surface area contributed by atoms with Crippen LogP contribution in [0, 0.1) is 0 Å². The van der Waals surface area contributed by atoms with Gasteiger partial charge in [-0.1, -0.05) is 6.07 Å². The monoisotopic (exact) mass is 263 g/mol. The first kappa shape index (κ1) is 14.2. The summed E-state index contributed by atoms with van der Waals surface area (Å²) in [6.45, 7) is 6.12. The van der Waals surface area contributed by atoms with Crippen molar-refractivity contribution in [2.24, 2.45) is 0 Å². The van der Waals surface area contributed by atoms with Gasteiger partial charge in [0.25, 0.3) is 0 Å². The van der Waals surface area contributed by atoms with E-state index in [1.165, 1.54) is 5.69 Å². The minimum Gasteiger partial charge on any atom is -0.493 e. The summed E-state index contributed by atoms with van der Waals surface area (Å²) >= 11 is 0. The van der Waals surface area contributed by atoms with Gasteiger partial charge < -0.3 is 19.9 Å². The molecular weight excluding hydrogens is 238 g/mol. The zero-order valence-electron chi connectivity index (χ0n) is 12.1. The van der Waals surface area contributed by atoms with Crippen molar-refractivity contribution in [3.63, 3.8) is 0 Å². The number of benzene rings is 1. The minimum absolute atomic E-state index is 0.781. The maximum absolute atomic E-state index is 5.82. The highest BCUT2D eigenvalue weighted by molar-refractivity contribution is 5.51. The number of anilines is 1. The Kier molecular flexibility index (Phi) is 5.48. The zero-order valence-corrected chi connectivity index (χ0v) is 12.1. The molecule has 1 aliphatic rings. The van der Waals surface area contributed by atoms with E-state index in [1.54, 1.807) is 0 Å². The summed E-state index contributed by atoms with van der Waals surface area (Å²) in [7, 11) is 4.18. The van der Waals surface area contributed by atoms with Gasteiger partial charge in [-0.15, -0.1) is 0 Å². The van der Waals surface area contributed by atoms with Crippen molar-refractivity contribution in [1.82, 2.24) is 10.2 Å². The highest BCUT2D eigenvalue weighted by Crippen LogP contribution is 2.21. The Labute approximate surface area is 116 Å². The van der Waals surface area contributed by atoms with E-state index in [4.69, 9.17) is 4.74 Å². The third-order valence-electron chi connectivity index (χ3n) is 3.32. The van der Waals surface area contributed by atoms with Crippen LogP contribution in [-0.4, -0.2) is 58.3 Å². The second kappa shape index (κ2) is 7.36. The second-order valence-electron chi connectivity index (χ2n) is 5.24. The first-order valence-electron chi connectivity index (χ1n) is 7.09. The fraction of sp³-hybridized carbons (Fsp3) is 0.600. The van der Waals surface area contributed by atoms with E-state index in [-0.39, 0.29) is 0 Å². The van der Waals surface area contributed by atoms with Crippen LogP contribution >= 0.6 is 0 Å². The lowest BCUT2D eigenvalue weighted by molar-refractivity contribution is 0.281. The smallest absolute Gasteiger partial charge is 0.121 e. The number of piperazine rings is 1. The molecule has 1 aliphatic heterocycles. The summed E-state index contributed by atoms with van der Waals surface area (Å²) in [6, 6.07) is 8.44. The molecule has 0 amide bonds. The molecule has 0 atom stereocenters. The molecule has 4 nitrogen and oxygen atoms in total. The Morgan fingerprint density at radius 3 is 2.79 bits per heavy atom. The Balaban J connectivity index is 1.84. The lowest BCUT2D eigenvalue weighted by atomic mass is 10.2. The molecule has 106 valence electrons. The molecule has 1 aromatic carbocycles. The molecule has 1 heterocycles. The normalized spacial score (nSPS) is 15.8. The standard InChI is InChI=1S/C15H25N3O/c1-17(2)9-4-12-19-15-6-3-5-14(13-15)18-10-7-16-8-11-18/h3,5-6,13,16H,4,7-12H2,1-2H3. The van der Waals surface area contributed by atoms with Crippen LogP contribution in [0.15, 0.2) is 24.3 Å². The molecular formula is C15H25N3O. The van der Waals surface area contributed by atoms with E-state index in [1.807, 2.05) is 6.07 Å². The van der Waals surface area contributed by atoms with Crippen molar-refractivity contribution in [2.75, 3.05) is 58.3 Å². The van der Waals surface area contributed by atoms with Crippen LogP contribution < -0.4 is 15.0 Å². The molecule has 1 saturated heterocycles. The summed E-state index contributed by atoms with van der Waals surface area (Å²) in [5.74, 6) is 0.981. The minimum atomic E-state index is 0.781. The molecule has 1 aromatic rings. The van der Waals surface area contributed by atoms with E-state index in [0.717, 1.165) is 51.5 Å². The molecule has 19 heavy (non-hydrogen) atoms.